The summed E-state index contributed by atoms with van der Waals surface area (Å²) in [6, 6.07) is 15.0. The maximum atomic E-state index is 12.8. The Bertz CT molecular complexity index is 1140. The third-order valence-corrected chi connectivity index (χ3v) is 5.76. The van der Waals surface area contributed by atoms with Crippen molar-refractivity contribution in [2.45, 2.75) is 10.0 Å². The van der Waals surface area contributed by atoms with Crippen molar-refractivity contribution >= 4 is 39.4 Å². The quantitative estimate of drug-likeness (QED) is 0.559. The Labute approximate surface area is 171 Å². The molecule has 0 aromatic heterocycles. The van der Waals surface area contributed by atoms with Crippen LogP contribution >= 0.6 is 0 Å². The van der Waals surface area contributed by atoms with E-state index in [4.69, 9.17) is 43.5 Å². The Morgan fingerprint density at radius 2 is 1.69 bits per heavy atom. The van der Waals surface area contributed by atoms with E-state index in [0.29, 0.717) is 5.56 Å². The monoisotopic (exact) mass is 400 g/mol. The molecular formula is C18H11B3N2O5S. The summed E-state index contributed by atoms with van der Waals surface area (Å²) >= 11 is 0. The fraction of sp³-hybridized carbons (Fsp3) is 0.111. The van der Waals surface area contributed by atoms with Crippen molar-refractivity contribution < 1.29 is 22.1 Å². The van der Waals surface area contributed by atoms with E-state index >= 15 is 0 Å². The molecule has 2 aromatic carbocycles. The number of carbonyl (C=O) groups excluding carboxylic acids is 1. The number of Topliss-reactive ketones (excluding diaryl/α,β-unsaturated/α-hetero) is 1. The first-order valence-electron chi connectivity index (χ1n) is 8.13. The lowest BCUT2D eigenvalue weighted by Crippen LogP contribution is -2.40. The van der Waals surface area contributed by atoms with Gasteiger partial charge in [-0.2, -0.15) is 13.7 Å². The van der Waals surface area contributed by atoms with Crippen LogP contribution in [0, 0.1) is 11.3 Å². The van der Waals surface area contributed by atoms with E-state index < -0.39 is 37.6 Å². The molecule has 2 aromatic rings. The van der Waals surface area contributed by atoms with Crippen LogP contribution < -0.4 is 5.73 Å². The lowest BCUT2D eigenvalue weighted by Gasteiger charge is -2.26. The first-order chi connectivity index (χ1) is 13.5. The fourth-order valence-electron chi connectivity index (χ4n) is 2.63. The van der Waals surface area contributed by atoms with Crippen LogP contribution in [0.2, 0.25) is 0 Å². The van der Waals surface area contributed by atoms with Crippen molar-refractivity contribution in [1.29, 1.82) is 5.26 Å². The van der Waals surface area contributed by atoms with Crippen LogP contribution in [0.1, 0.15) is 16.7 Å². The molecule has 1 aliphatic rings. The Morgan fingerprint density at radius 1 is 1.10 bits per heavy atom. The van der Waals surface area contributed by atoms with Crippen LogP contribution in [0.25, 0.3) is 0 Å². The molecule has 1 atom stereocenters. The lowest BCUT2D eigenvalue weighted by atomic mass is 9.65. The van der Waals surface area contributed by atoms with Gasteiger partial charge < -0.3 is 14.7 Å². The van der Waals surface area contributed by atoms with Gasteiger partial charge in [-0.1, -0.05) is 42.5 Å². The number of carbonyl (C=O) groups is 1. The largest absolute Gasteiger partial charge is 0.467 e. The van der Waals surface area contributed by atoms with Gasteiger partial charge in [0.1, 0.15) is 7.85 Å². The van der Waals surface area contributed by atoms with E-state index in [-0.39, 0.29) is 11.1 Å². The molecule has 0 bridgehead atoms. The topological polar surface area (TPSA) is 119 Å². The molecule has 0 saturated carbocycles. The van der Waals surface area contributed by atoms with Gasteiger partial charge in [-0.3, -0.25) is 4.79 Å². The molecule has 11 heteroatoms. The van der Waals surface area contributed by atoms with Crippen molar-refractivity contribution in [1.82, 2.24) is 0 Å². The second kappa shape index (κ2) is 7.05. The van der Waals surface area contributed by atoms with Crippen LogP contribution in [-0.4, -0.2) is 37.7 Å². The zero-order chi connectivity index (χ0) is 21.4. The van der Waals surface area contributed by atoms with Gasteiger partial charge in [0.25, 0.3) is 0 Å². The molecule has 0 saturated heterocycles. The lowest BCUT2D eigenvalue weighted by molar-refractivity contribution is -0.126. The minimum Gasteiger partial charge on any atom is -0.467 e. The van der Waals surface area contributed by atoms with Gasteiger partial charge in [0.05, 0.1) is 31.9 Å². The molecule has 0 spiro atoms. The molecular weight excluding hydrogens is 389 g/mol. The number of ether oxygens (including phenoxy) is 1. The average molecular weight is 400 g/mol. The number of benzene rings is 2. The van der Waals surface area contributed by atoms with Gasteiger partial charge in [0, 0.05) is 0 Å². The predicted molar refractivity (Wildman–Crippen MR) is 106 cm³/mol. The molecule has 0 aliphatic carbocycles. The number of hydrogen-bond acceptors (Lipinski definition) is 7. The standard InChI is InChI=1S/C18H11B3N2O5S/c19-17(12-8-6-11(10-22)7-9-12)15(24)14(16(23)27-17)28-29(25,26)18(20,21)13-4-2-1-3-5-13/h1-9H,23H2/t17-/m1/s1. The van der Waals surface area contributed by atoms with E-state index in [1.54, 1.807) is 6.07 Å². The van der Waals surface area contributed by atoms with Crippen LogP contribution in [0.15, 0.2) is 66.2 Å². The number of hydrogen-bond donors (Lipinski definition) is 1. The highest BCUT2D eigenvalue weighted by atomic mass is 32.2. The molecule has 138 valence electrons. The van der Waals surface area contributed by atoms with Gasteiger partial charge in [-0.25, -0.2) is 0 Å². The van der Waals surface area contributed by atoms with Crippen LogP contribution in [0.4, 0.5) is 0 Å². The Morgan fingerprint density at radius 3 is 2.24 bits per heavy atom. The first kappa shape index (κ1) is 20.6. The third-order valence-electron chi connectivity index (χ3n) is 4.31. The zero-order valence-corrected chi connectivity index (χ0v) is 15.7. The predicted octanol–water partition coefficient (Wildman–Crippen LogP) is 0.101. The second-order valence-electron chi connectivity index (χ2n) is 6.25. The number of nitriles is 1. The Hall–Kier alpha value is -3.12. The summed E-state index contributed by atoms with van der Waals surface area (Å²) in [4.78, 5) is 12.8. The summed E-state index contributed by atoms with van der Waals surface area (Å²) in [6.45, 7) is 0. The normalized spacial score (nSPS) is 19.5. The van der Waals surface area contributed by atoms with Crippen molar-refractivity contribution in [3.63, 3.8) is 0 Å². The molecule has 2 N–H and O–H groups in total. The highest BCUT2D eigenvalue weighted by molar-refractivity contribution is 7.90. The van der Waals surface area contributed by atoms with Gasteiger partial charge in [0.15, 0.2) is 5.50 Å². The van der Waals surface area contributed by atoms with Gasteiger partial charge in [-0.05, 0) is 23.3 Å². The fourth-order valence-corrected chi connectivity index (χ4v) is 3.57. The van der Waals surface area contributed by atoms with Crippen molar-refractivity contribution in [2.24, 2.45) is 5.73 Å². The third kappa shape index (κ3) is 3.40. The van der Waals surface area contributed by atoms with Crippen molar-refractivity contribution in [3.05, 3.63) is 82.9 Å². The molecule has 1 aliphatic heterocycles. The summed E-state index contributed by atoms with van der Waals surface area (Å²) in [5.41, 5.74) is 4.00. The summed E-state index contributed by atoms with van der Waals surface area (Å²) < 4.78 is 33.0. The molecule has 6 radical (unpaired) electrons. The van der Waals surface area contributed by atoms with Crippen molar-refractivity contribution in [2.75, 3.05) is 0 Å². The van der Waals surface area contributed by atoms with Gasteiger partial charge >= 0.3 is 10.1 Å². The number of ketones is 1. The summed E-state index contributed by atoms with van der Waals surface area (Å²) in [6.07, 6.45) is 0. The number of nitrogens with zero attached hydrogens (tertiary/aromatic N) is 1. The van der Waals surface area contributed by atoms with E-state index in [9.17, 15) is 13.2 Å². The van der Waals surface area contributed by atoms with E-state index in [0.717, 1.165) is 0 Å². The van der Waals surface area contributed by atoms with Crippen LogP contribution in [0.3, 0.4) is 0 Å². The number of rotatable bonds is 5. The molecule has 0 unspecified atom stereocenters. The first-order valence-corrected chi connectivity index (χ1v) is 9.54. The molecule has 3 rings (SSSR count). The summed E-state index contributed by atoms with van der Waals surface area (Å²) in [5.74, 6) is -2.53. The van der Waals surface area contributed by atoms with Gasteiger partial charge in [-0.15, -0.1) is 0 Å². The van der Waals surface area contributed by atoms with E-state index in [2.05, 4.69) is 0 Å². The highest BCUT2D eigenvalue weighted by Crippen LogP contribution is 2.37. The highest BCUT2D eigenvalue weighted by Gasteiger charge is 2.50. The maximum Gasteiger partial charge on any atom is 0.302 e. The molecule has 29 heavy (non-hydrogen) atoms. The summed E-state index contributed by atoms with van der Waals surface area (Å²) in [7, 11) is 12.8. The minimum absolute atomic E-state index is 0.0247. The summed E-state index contributed by atoms with van der Waals surface area (Å²) in [5, 5.41) is 8.87. The zero-order valence-electron chi connectivity index (χ0n) is 14.9. The smallest absolute Gasteiger partial charge is 0.302 e. The van der Waals surface area contributed by atoms with E-state index in [1.165, 1.54) is 48.5 Å². The van der Waals surface area contributed by atoms with E-state index in [1.807, 2.05) is 6.07 Å². The van der Waals surface area contributed by atoms with Gasteiger partial charge in [0.2, 0.25) is 17.4 Å². The van der Waals surface area contributed by atoms with Crippen LogP contribution in [0.5, 0.6) is 0 Å². The minimum atomic E-state index is -4.79. The second-order valence-corrected chi connectivity index (χ2v) is 8.00. The number of nitrogens with two attached hydrogens (primary N) is 1. The molecule has 0 fully saturated rings. The van der Waals surface area contributed by atoms with Crippen LogP contribution in [-0.2, 0) is 33.9 Å². The Kier molecular flexibility index (Phi) is 5.01. The molecule has 1 heterocycles. The van der Waals surface area contributed by atoms with Crippen molar-refractivity contribution in [3.8, 4) is 6.07 Å². The average Bonchev–Trinajstić information content (AvgIpc) is 2.92. The Balaban J connectivity index is 1.92. The molecule has 7 nitrogen and oxygen atoms in total. The SMILES string of the molecule is [B]C([B])(c1ccccc1)S(=O)(=O)OC1=C(N)O[C@]([B])(c2ccc(C#N)cc2)C1=O. The maximum absolute atomic E-state index is 12.8. The molecule has 0 amide bonds.